The van der Waals surface area contributed by atoms with Gasteiger partial charge in [0, 0.05) is 17.4 Å². The minimum Gasteiger partial charge on any atom is -0.388 e. The van der Waals surface area contributed by atoms with E-state index in [0.29, 0.717) is 13.0 Å². The van der Waals surface area contributed by atoms with E-state index < -0.39 is 5.60 Å². The molecule has 2 rings (SSSR count). The van der Waals surface area contributed by atoms with Gasteiger partial charge in [0.1, 0.15) is 0 Å². The Balaban J connectivity index is 2.31. The van der Waals surface area contributed by atoms with Crippen molar-refractivity contribution >= 4 is 15.9 Å². The van der Waals surface area contributed by atoms with Crippen LogP contribution in [-0.4, -0.2) is 17.3 Å². The Morgan fingerprint density at radius 2 is 2.21 bits per heavy atom. The van der Waals surface area contributed by atoms with Crippen LogP contribution in [0.3, 0.4) is 0 Å². The molecule has 0 radical (unpaired) electrons. The number of aryl methyl sites for hydroxylation is 1. The molecule has 0 heterocycles. The molecule has 2 nitrogen and oxygen atoms in total. The normalized spacial score (nSPS) is 25.9. The van der Waals surface area contributed by atoms with Crippen molar-refractivity contribution in [2.45, 2.75) is 24.9 Å². The Hall–Kier alpha value is -0.380. The monoisotopic (exact) mass is 255 g/mol. The summed E-state index contributed by atoms with van der Waals surface area (Å²) in [4.78, 5) is 0. The van der Waals surface area contributed by atoms with Crippen molar-refractivity contribution in [3.05, 3.63) is 33.8 Å². The van der Waals surface area contributed by atoms with Crippen molar-refractivity contribution < 1.29 is 5.11 Å². The maximum atomic E-state index is 10.1. The van der Waals surface area contributed by atoms with Gasteiger partial charge in [-0.1, -0.05) is 22.0 Å². The summed E-state index contributed by atoms with van der Waals surface area (Å²) in [6.45, 7) is 0.350. The fraction of sp³-hybridized carbons (Fsp3) is 0.455. The van der Waals surface area contributed by atoms with Crippen molar-refractivity contribution in [1.29, 1.82) is 0 Å². The van der Waals surface area contributed by atoms with Crippen LogP contribution in [-0.2, 0) is 12.8 Å². The van der Waals surface area contributed by atoms with E-state index in [-0.39, 0.29) is 0 Å². The highest BCUT2D eigenvalue weighted by Crippen LogP contribution is 2.29. The lowest BCUT2D eigenvalue weighted by Crippen LogP contribution is -2.42. The highest BCUT2D eigenvalue weighted by Gasteiger charge is 2.30. The summed E-state index contributed by atoms with van der Waals surface area (Å²) in [5.74, 6) is 0. The third-order valence-electron chi connectivity index (χ3n) is 2.93. The Morgan fingerprint density at radius 1 is 1.43 bits per heavy atom. The first kappa shape index (κ1) is 10.1. The van der Waals surface area contributed by atoms with E-state index in [9.17, 15) is 5.11 Å². The zero-order valence-corrected chi connectivity index (χ0v) is 9.55. The standard InChI is InChI=1S/C11H14BrNO/c12-10-2-1-9-6-11(14,7-13)4-3-8(9)5-10/h1-2,5,14H,3-4,6-7,13H2. The first-order valence-corrected chi connectivity index (χ1v) is 5.62. The number of nitrogens with two attached hydrogens (primary N) is 1. The smallest absolute Gasteiger partial charge is 0.0812 e. The Morgan fingerprint density at radius 3 is 2.93 bits per heavy atom. The van der Waals surface area contributed by atoms with Gasteiger partial charge in [0.05, 0.1) is 5.60 Å². The van der Waals surface area contributed by atoms with E-state index in [1.54, 1.807) is 0 Å². The van der Waals surface area contributed by atoms with Crippen molar-refractivity contribution in [1.82, 2.24) is 0 Å². The molecule has 0 saturated carbocycles. The molecule has 0 aromatic heterocycles. The molecule has 1 aromatic carbocycles. The molecule has 3 N–H and O–H groups in total. The molecule has 0 fully saturated rings. The molecule has 1 aromatic rings. The number of aliphatic hydroxyl groups is 1. The van der Waals surface area contributed by atoms with Crippen molar-refractivity contribution in [3.8, 4) is 0 Å². The van der Waals surface area contributed by atoms with Gasteiger partial charge < -0.3 is 10.8 Å². The van der Waals surface area contributed by atoms with Gasteiger partial charge in [-0.25, -0.2) is 0 Å². The van der Waals surface area contributed by atoms with Crippen molar-refractivity contribution in [3.63, 3.8) is 0 Å². The Labute approximate surface area is 92.3 Å². The molecule has 1 atom stereocenters. The minimum atomic E-state index is -0.680. The van der Waals surface area contributed by atoms with Crippen LogP contribution >= 0.6 is 15.9 Å². The van der Waals surface area contributed by atoms with Gasteiger partial charge in [-0.05, 0) is 36.1 Å². The van der Waals surface area contributed by atoms with E-state index in [4.69, 9.17) is 5.73 Å². The molecule has 3 heteroatoms. The van der Waals surface area contributed by atoms with Crippen LogP contribution in [0.25, 0.3) is 0 Å². The number of hydrogen-bond donors (Lipinski definition) is 2. The summed E-state index contributed by atoms with van der Waals surface area (Å²) in [7, 11) is 0. The minimum absolute atomic E-state index is 0.350. The number of fused-ring (bicyclic) bond motifs is 1. The lowest BCUT2D eigenvalue weighted by atomic mass is 9.80. The van der Waals surface area contributed by atoms with Gasteiger partial charge in [0.25, 0.3) is 0 Å². The predicted octanol–water partition coefficient (Wildman–Crippen LogP) is 1.63. The number of hydrogen-bond acceptors (Lipinski definition) is 2. The second-order valence-corrected chi connectivity index (χ2v) is 4.93. The molecule has 76 valence electrons. The summed E-state index contributed by atoms with van der Waals surface area (Å²) in [5, 5.41) is 10.1. The molecule has 1 aliphatic rings. The average Bonchev–Trinajstić information content (AvgIpc) is 2.19. The highest BCUT2D eigenvalue weighted by atomic mass is 79.9. The molecule has 14 heavy (non-hydrogen) atoms. The molecule has 0 spiro atoms. The lowest BCUT2D eigenvalue weighted by molar-refractivity contribution is 0.0353. The number of rotatable bonds is 1. The van der Waals surface area contributed by atoms with Gasteiger partial charge in [0.2, 0.25) is 0 Å². The molecular weight excluding hydrogens is 242 g/mol. The maximum absolute atomic E-state index is 10.1. The molecule has 0 aliphatic heterocycles. The summed E-state index contributed by atoms with van der Waals surface area (Å²) in [6.07, 6.45) is 2.38. The van der Waals surface area contributed by atoms with E-state index in [1.165, 1.54) is 11.1 Å². The van der Waals surface area contributed by atoms with Crippen molar-refractivity contribution in [2.75, 3.05) is 6.54 Å². The van der Waals surface area contributed by atoms with Crippen molar-refractivity contribution in [2.24, 2.45) is 5.73 Å². The van der Waals surface area contributed by atoms with Crippen LogP contribution < -0.4 is 5.73 Å². The molecular formula is C11H14BrNO. The average molecular weight is 256 g/mol. The van der Waals surface area contributed by atoms with Crippen LogP contribution in [0.2, 0.25) is 0 Å². The third kappa shape index (κ3) is 1.85. The molecule has 1 aliphatic carbocycles. The van der Waals surface area contributed by atoms with Gasteiger partial charge in [-0.2, -0.15) is 0 Å². The first-order valence-electron chi connectivity index (χ1n) is 4.83. The van der Waals surface area contributed by atoms with E-state index in [1.807, 2.05) is 6.07 Å². The van der Waals surface area contributed by atoms with E-state index in [2.05, 4.69) is 28.1 Å². The zero-order chi connectivity index (χ0) is 10.2. The van der Waals surface area contributed by atoms with Crippen LogP contribution in [0.1, 0.15) is 17.5 Å². The summed E-state index contributed by atoms with van der Waals surface area (Å²) >= 11 is 3.45. The van der Waals surface area contributed by atoms with E-state index >= 15 is 0 Å². The molecule has 0 amide bonds. The summed E-state index contributed by atoms with van der Waals surface area (Å²) < 4.78 is 1.11. The van der Waals surface area contributed by atoms with Crippen LogP contribution in [0.5, 0.6) is 0 Å². The highest BCUT2D eigenvalue weighted by molar-refractivity contribution is 9.10. The van der Waals surface area contributed by atoms with Gasteiger partial charge in [-0.3, -0.25) is 0 Å². The number of benzene rings is 1. The number of halogens is 1. The first-order chi connectivity index (χ1) is 6.63. The van der Waals surface area contributed by atoms with Crippen LogP contribution in [0.15, 0.2) is 22.7 Å². The zero-order valence-electron chi connectivity index (χ0n) is 7.96. The molecule has 1 unspecified atom stereocenters. The second kappa shape index (κ2) is 3.65. The predicted molar refractivity (Wildman–Crippen MR) is 60.2 cm³/mol. The quantitative estimate of drug-likeness (QED) is 0.802. The van der Waals surface area contributed by atoms with Gasteiger partial charge in [0.15, 0.2) is 0 Å². The van der Waals surface area contributed by atoms with Crippen LogP contribution in [0.4, 0.5) is 0 Å². The second-order valence-electron chi connectivity index (χ2n) is 4.02. The Bertz CT molecular complexity index is 353. The summed E-state index contributed by atoms with van der Waals surface area (Å²) in [5.41, 5.74) is 7.45. The Kier molecular flexibility index (Phi) is 2.64. The lowest BCUT2D eigenvalue weighted by Gasteiger charge is -2.32. The summed E-state index contributed by atoms with van der Waals surface area (Å²) in [6, 6.07) is 6.21. The van der Waals surface area contributed by atoms with Crippen LogP contribution in [0, 0.1) is 0 Å². The fourth-order valence-electron chi connectivity index (χ4n) is 1.98. The van der Waals surface area contributed by atoms with Gasteiger partial charge >= 0.3 is 0 Å². The topological polar surface area (TPSA) is 46.2 Å². The maximum Gasteiger partial charge on any atom is 0.0812 e. The SMILES string of the molecule is NCC1(O)CCc2cc(Br)ccc2C1. The fourth-order valence-corrected chi connectivity index (χ4v) is 2.39. The molecule has 0 bridgehead atoms. The molecule has 0 saturated heterocycles. The largest absolute Gasteiger partial charge is 0.388 e. The van der Waals surface area contributed by atoms with E-state index in [0.717, 1.165) is 17.3 Å². The third-order valence-corrected chi connectivity index (χ3v) is 3.42. The van der Waals surface area contributed by atoms with Gasteiger partial charge in [-0.15, -0.1) is 0 Å².